The summed E-state index contributed by atoms with van der Waals surface area (Å²) < 4.78 is 0. The molecule has 0 unspecified atom stereocenters. The number of allylic oxidation sites excluding steroid dienone is 1. The van der Waals surface area contributed by atoms with Crippen LogP contribution in [0.25, 0.3) is 5.70 Å². The average Bonchev–Trinajstić information content (AvgIpc) is 2.59. The second-order valence-electron chi connectivity index (χ2n) is 5.04. The lowest BCUT2D eigenvalue weighted by molar-refractivity contribution is -0.114. The SMILES string of the molecule is C/C=C(\N/N=C/C(=O)Nc1cccc(NC(C)=O)c1)c1ccccn1. The number of anilines is 2. The fourth-order valence-corrected chi connectivity index (χ4v) is 2.00. The summed E-state index contributed by atoms with van der Waals surface area (Å²) in [7, 11) is 0. The third kappa shape index (κ3) is 5.91. The number of hydrogen-bond acceptors (Lipinski definition) is 5. The van der Waals surface area contributed by atoms with Crippen LogP contribution in [0.15, 0.2) is 59.8 Å². The molecule has 2 aromatic rings. The number of benzene rings is 1. The molecule has 1 aromatic carbocycles. The Balaban J connectivity index is 1.93. The van der Waals surface area contributed by atoms with Gasteiger partial charge in [-0.05, 0) is 37.3 Å². The van der Waals surface area contributed by atoms with Crippen molar-refractivity contribution in [2.75, 3.05) is 10.6 Å². The van der Waals surface area contributed by atoms with Crippen molar-refractivity contribution in [1.29, 1.82) is 0 Å². The first-order valence-corrected chi connectivity index (χ1v) is 7.64. The van der Waals surface area contributed by atoms with Crippen LogP contribution in [0.3, 0.4) is 0 Å². The van der Waals surface area contributed by atoms with E-state index in [-0.39, 0.29) is 5.91 Å². The van der Waals surface area contributed by atoms with Crippen molar-refractivity contribution >= 4 is 35.1 Å². The fraction of sp³-hybridized carbons (Fsp3) is 0.111. The molecule has 0 aliphatic rings. The van der Waals surface area contributed by atoms with E-state index in [0.717, 1.165) is 11.9 Å². The summed E-state index contributed by atoms with van der Waals surface area (Å²) in [5.41, 5.74) is 5.37. The maximum atomic E-state index is 11.9. The first kappa shape index (κ1) is 17.9. The van der Waals surface area contributed by atoms with Gasteiger partial charge in [0.15, 0.2) is 0 Å². The maximum Gasteiger partial charge on any atom is 0.268 e. The first-order chi connectivity index (χ1) is 12.1. The summed E-state index contributed by atoms with van der Waals surface area (Å²) in [6, 6.07) is 12.4. The van der Waals surface area contributed by atoms with Gasteiger partial charge in [-0.2, -0.15) is 5.10 Å². The van der Waals surface area contributed by atoms with Gasteiger partial charge in [0.1, 0.15) is 6.21 Å². The minimum absolute atomic E-state index is 0.178. The van der Waals surface area contributed by atoms with E-state index in [4.69, 9.17) is 0 Å². The van der Waals surface area contributed by atoms with E-state index in [0.29, 0.717) is 17.1 Å². The molecule has 1 aromatic heterocycles. The van der Waals surface area contributed by atoms with Crippen LogP contribution in [0.2, 0.25) is 0 Å². The zero-order valence-electron chi connectivity index (χ0n) is 14.0. The second kappa shape index (κ2) is 8.97. The van der Waals surface area contributed by atoms with Gasteiger partial charge in [-0.15, -0.1) is 0 Å². The summed E-state index contributed by atoms with van der Waals surface area (Å²) in [6.45, 7) is 3.27. The molecule has 0 spiro atoms. The van der Waals surface area contributed by atoms with Crippen molar-refractivity contribution in [1.82, 2.24) is 10.4 Å². The lowest BCUT2D eigenvalue weighted by Crippen LogP contribution is -2.15. The molecular formula is C18H19N5O2. The van der Waals surface area contributed by atoms with Crippen molar-refractivity contribution in [3.05, 3.63) is 60.4 Å². The van der Waals surface area contributed by atoms with Crippen LogP contribution in [0.4, 0.5) is 11.4 Å². The highest BCUT2D eigenvalue weighted by atomic mass is 16.2. The number of aromatic nitrogens is 1. The van der Waals surface area contributed by atoms with Crippen molar-refractivity contribution in [2.24, 2.45) is 5.10 Å². The van der Waals surface area contributed by atoms with Crippen LogP contribution in [-0.2, 0) is 9.59 Å². The van der Waals surface area contributed by atoms with Crippen molar-refractivity contribution < 1.29 is 9.59 Å². The number of nitrogens with zero attached hydrogens (tertiary/aromatic N) is 2. The number of amides is 2. The van der Waals surface area contributed by atoms with Gasteiger partial charge in [0.05, 0.1) is 11.4 Å². The van der Waals surface area contributed by atoms with E-state index in [1.165, 1.54) is 6.92 Å². The van der Waals surface area contributed by atoms with E-state index < -0.39 is 5.91 Å². The molecule has 0 atom stereocenters. The van der Waals surface area contributed by atoms with E-state index in [1.807, 2.05) is 31.2 Å². The number of carbonyl (C=O) groups excluding carboxylic acids is 2. The third-order valence-corrected chi connectivity index (χ3v) is 3.05. The normalized spacial score (nSPS) is 11.2. The van der Waals surface area contributed by atoms with Gasteiger partial charge in [-0.1, -0.05) is 18.2 Å². The van der Waals surface area contributed by atoms with Gasteiger partial charge in [0.2, 0.25) is 5.91 Å². The molecule has 0 bridgehead atoms. The predicted molar refractivity (Wildman–Crippen MR) is 98.9 cm³/mol. The summed E-state index contributed by atoms with van der Waals surface area (Å²) in [6.07, 6.45) is 4.63. The van der Waals surface area contributed by atoms with Gasteiger partial charge in [0, 0.05) is 24.5 Å². The predicted octanol–water partition coefficient (Wildman–Crippen LogP) is 2.61. The molecule has 0 aliphatic heterocycles. The monoisotopic (exact) mass is 337 g/mol. The maximum absolute atomic E-state index is 11.9. The zero-order chi connectivity index (χ0) is 18.1. The quantitative estimate of drug-likeness (QED) is 0.558. The van der Waals surface area contributed by atoms with Gasteiger partial charge >= 0.3 is 0 Å². The van der Waals surface area contributed by atoms with E-state index in [9.17, 15) is 9.59 Å². The number of rotatable bonds is 6. The lowest BCUT2D eigenvalue weighted by Gasteiger charge is -2.06. The Morgan fingerprint density at radius 1 is 1.08 bits per heavy atom. The van der Waals surface area contributed by atoms with Crippen LogP contribution in [0.1, 0.15) is 19.5 Å². The first-order valence-electron chi connectivity index (χ1n) is 7.64. The second-order valence-corrected chi connectivity index (χ2v) is 5.04. The zero-order valence-corrected chi connectivity index (χ0v) is 14.0. The van der Waals surface area contributed by atoms with Crippen LogP contribution >= 0.6 is 0 Å². The molecule has 0 saturated carbocycles. The number of hydrazone groups is 1. The van der Waals surface area contributed by atoms with Gasteiger partial charge in [0.25, 0.3) is 5.91 Å². The van der Waals surface area contributed by atoms with E-state index >= 15 is 0 Å². The highest BCUT2D eigenvalue weighted by molar-refractivity contribution is 6.31. The van der Waals surface area contributed by atoms with Crippen LogP contribution in [-0.4, -0.2) is 23.0 Å². The summed E-state index contributed by atoms with van der Waals surface area (Å²) in [4.78, 5) is 27.2. The summed E-state index contributed by atoms with van der Waals surface area (Å²) in [5, 5.41) is 9.24. The standard InChI is InChI=1S/C18H19N5O2/c1-3-16(17-9-4-5-10-19-17)23-20-12-18(25)22-15-8-6-7-14(11-15)21-13(2)24/h3-12,23H,1-2H3,(H,21,24)(H,22,25)/b16-3-,20-12+. The smallest absolute Gasteiger partial charge is 0.268 e. The van der Waals surface area contributed by atoms with Crippen molar-refractivity contribution in [2.45, 2.75) is 13.8 Å². The molecule has 0 fully saturated rings. The Morgan fingerprint density at radius 3 is 2.48 bits per heavy atom. The summed E-state index contributed by atoms with van der Waals surface area (Å²) in [5.74, 6) is -0.577. The highest BCUT2D eigenvalue weighted by Gasteiger charge is 2.02. The minimum atomic E-state index is -0.399. The molecule has 2 rings (SSSR count). The van der Waals surface area contributed by atoms with Gasteiger partial charge < -0.3 is 10.6 Å². The Labute approximate surface area is 145 Å². The number of nitrogens with one attached hydrogen (secondary N) is 3. The molecule has 7 nitrogen and oxygen atoms in total. The average molecular weight is 337 g/mol. The summed E-state index contributed by atoms with van der Waals surface area (Å²) >= 11 is 0. The van der Waals surface area contributed by atoms with Crippen LogP contribution in [0.5, 0.6) is 0 Å². The molecule has 7 heteroatoms. The molecule has 1 heterocycles. The number of pyridine rings is 1. The largest absolute Gasteiger partial charge is 0.326 e. The number of carbonyl (C=O) groups is 2. The Morgan fingerprint density at radius 2 is 1.84 bits per heavy atom. The molecule has 25 heavy (non-hydrogen) atoms. The van der Waals surface area contributed by atoms with Gasteiger partial charge in [-0.25, -0.2) is 0 Å². The topological polar surface area (TPSA) is 95.5 Å². The van der Waals surface area contributed by atoms with Crippen LogP contribution < -0.4 is 16.1 Å². The Kier molecular flexibility index (Phi) is 6.41. The molecule has 2 amide bonds. The lowest BCUT2D eigenvalue weighted by atomic mass is 10.2. The fourth-order valence-electron chi connectivity index (χ4n) is 2.00. The molecule has 0 aliphatic carbocycles. The molecular weight excluding hydrogens is 318 g/mol. The van der Waals surface area contributed by atoms with E-state index in [1.54, 1.807) is 30.5 Å². The third-order valence-electron chi connectivity index (χ3n) is 3.05. The number of hydrogen-bond donors (Lipinski definition) is 3. The highest BCUT2D eigenvalue weighted by Crippen LogP contribution is 2.14. The molecule has 128 valence electrons. The molecule has 0 radical (unpaired) electrons. The Hall–Kier alpha value is -3.48. The molecule has 3 N–H and O–H groups in total. The van der Waals surface area contributed by atoms with Crippen LogP contribution in [0, 0.1) is 0 Å². The van der Waals surface area contributed by atoms with Gasteiger partial charge in [-0.3, -0.25) is 20.0 Å². The van der Waals surface area contributed by atoms with Crippen molar-refractivity contribution in [3.8, 4) is 0 Å². The minimum Gasteiger partial charge on any atom is -0.326 e. The molecule has 0 saturated heterocycles. The van der Waals surface area contributed by atoms with Crippen molar-refractivity contribution in [3.63, 3.8) is 0 Å². The Bertz CT molecular complexity index is 800. The van der Waals surface area contributed by atoms with E-state index in [2.05, 4.69) is 26.1 Å².